The molecule has 6 heteroatoms. The third kappa shape index (κ3) is 4.05. The molecule has 2 rings (SSSR count). The second kappa shape index (κ2) is 6.86. The number of benzene rings is 1. The largest absolute Gasteiger partial charge is 0.435 e. The van der Waals surface area contributed by atoms with Gasteiger partial charge in [-0.1, -0.05) is 23.7 Å². The topological polar surface area (TPSA) is 22.1 Å². The molecule has 0 N–H and O–H groups in total. The summed E-state index contributed by atoms with van der Waals surface area (Å²) in [6, 6.07) is 8.11. The molecule has 0 saturated carbocycles. The first-order valence-corrected chi connectivity index (χ1v) is 6.65. The van der Waals surface area contributed by atoms with Crippen molar-refractivity contribution in [1.29, 1.82) is 0 Å². The minimum absolute atomic E-state index is 0.0870. The van der Waals surface area contributed by atoms with Crippen LogP contribution in [0.1, 0.15) is 16.5 Å². The van der Waals surface area contributed by atoms with E-state index in [1.165, 1.54) is 18.3 Å². The summed E-state index contributed by atoms with van der Waals surface area (Å²) in [5.41, 5.74) is 1.54. The molecular formula is C14H11Cl2F2NO. The van der Waals surface area contributed by atoms with Crippen LogP contribution in [0.15, 0.2) is 42.7 Å². The van der Waals surface area contributed by atoms with E-state index in [-0.39, 0.29) is 5.75 Å². The maximum atomic E-state index is 12.2. The number of pyridine rings is 1. The molecule has 0 aliphatic heterocycles. The molecule has 0 spiro atoms. The second-order valence-electron chi connectivity index (χ2n) is 4.09. The first-order chi connectivity index (χ1) is 9.56. The van der Waals surface area contributed by atoms with E-state index >= 15 is 0 Å². The summed E-state index contributed by atoms with van der Waals surface area (Å²) in [6.07, 6.45) is 3.64. The van der Waals surface area contributed by atoms with Crippen LogP contribution in [-0.4, -0.2) is 11.6 Å². The lowest BCUT2D eigenvalue weighted by Gasteiger charge is -2.12. The zero-order valence-corrected chi connectivity index (χ0v) is 11.8. The summed E-state index contributed by atoms with van der Waals surface area (Å²) in [4.78, 5) is 3.89. The van der Waals surface area contributed by atoms with Crippen LogP contribution in [0.4, 0.5) is 8.78 Å². The molecule has 1 heterocycles. The smallest absolute Gasteiger partial charge is 0.387 e. The molecule has 20 heavy (non-hydrogen) atoms. The monoisotopic (exact) mass is 317 g/mol. The number of alkyl halides is 3. The van der Waals surface area contributed by atoms with Crippen LogP contribution in [0.5, 0.6) is 5.75 Å². The summed E-state index contributed by atoms with van der Waals surface area (Å²) in [5.74, 6) is 0.0870. The summed E-state index contributed by atoms with van der Waals surface area (Å²) in [7, 11) is 0. The zero-order chi connectivity index (χ0) is 14.5. The quantitative estimate of drug-likeness (QED) is 0.735. The molecular weight excluding hydrogens is 307 g/mol. The molecule has 0 radical (unpaired) electrons. The lowest BCUT2D eigenvalue weighted by atomic mass is 10.0. The molecule has 1 aromatic heterocycles. The van der Waals surface area contributed by atoms with Crippen molar-refractivity contribution in [1.82, 2.24) is 4.98 Å². The van der Waals surface area contributed by atoms with Gasteiger partial charge in [0, 0.05) is 12.4 Å². The van der Waals surface area contributed by atoms with Crippen molar-refractivity contribution in [2.75, 3.05) is 0 Å². The minimum atomic E-state index is -2.85. The predicted molar refractivity (Wildman–Crippen MR) is 74.6 cm³/mol. The van der Waals surface area contributed by atoms with Crippen LogP contribution in [0.2, 0.25) is 5.02 Å². The first kappa shape index (κ1) is 15.0. The Hall–Kier alpha value is -1.39. The molecule has 0 aliphatic carbocycles. The number of rotatable bonds is 5. The molecule has 0 saturated heterocycles. The Labute approximate surface area is 125 Å². The number of halogens is 4. The summed E-state index contributed by atoms with van der Waals surface area (Å²) < 4.78 is 28.7. The Balaban J connectivity index is 2.13. The van der Waals surface area contributed by atoms with Crippen molar-refractivity contribution in [3.63, 3.8) is 0 Å². The van der Waals surface area contributed by atoms with Crippen molar-refractivity contribution in [3.05, 3.63) is 58.9 Å². The molecule has 1 atom stereocenters. The third-order valence-electron chi connectivity index (χ3n) is 2.70. The van der Waals surface area contributed by atoms with Gasteiger partial charge < -0.3 is 4.74 Å². The fourth-order valence-electron chi connectivity index (χ4n) is 1.77. The summed E-state index contributed by atoms with van der Waals surface area (Å²) in [5, 5.41) is 0.134. The van der Waals surface area contributed by atoms with E-state index in [9.17, 15) is 8.78 Å². The van der Waals surface area contributed by atoms with Gasteiger partial charge in [0.25, 0.3) is 0 Å². The Morgan fingerprint density at radius 3 is 2.75 bits per heavy atom. The average Bonchev–Trinajstić information content (AvgIpc) is 2.41. The highest BCUT2D eigenvalue weighted by Gasteiger charge is 2.13. The second-order valence-corrected chi connectivity index (χ2v) is 5.02. The van der Waals surface area contributed by atoms with Crippen molar-refractivity contribution >= 4 is 23.2 Å². The van der Waals surface area contributed by atoms with Crippen molar-refractivity contribution in [2.24, 2.45) is 0 Å². The number of hydrogen-bond donors (Lipinski definition) is 0. The highest BCUT2D eigenvalue weighted by molar-refractivity contribution is 6.31. The molecule has 2 nitrogen and oxygen atoms in total. The van der Waals surface area contributed by atoms with E-state index in [0.29, 0.717) is 17.0 Å². The Bertz CT molecular complexity index is 581. The number of aromatic nitrogens is 1. The van der Waals surface area contributed by atoms with Gasteiger partial charge in [0.1, 0.15) is 5.75 Å². The van der Waals surface area contributed by atoms with Gasteiger partial charge in [-0.2, -0.15) is 8.78 Å². The predicted octanol–water partition coefficient (Wildman–Crippen LogP) is 4.86. The van der Waals surface area contributed by atoms with Gasteiger partial charge >= 0.3 is 6.61 Å². The fraction of sp³-hybridized carbons (Fsp3) is 0.214. The van der Waals surface area contributed by atoms with Crippen molar-refractivity contribution < 1.29 is 13.5 Å². The van der Waals surface area contributed by atoms with Gasteiger partial charge in [-0.3, -0.25) is 4.98 Å². The molecule has 1 unspecified atom stereocenters. The molecule has 1 aromatic carbocycles. The molecule has 0 bridgehead atoms. The number of ether oxygens (including phenoxy) is 1. The zero-order valence-electron chi connectivity index (χ0n) is 10.3. The van der Waals surface area contributed by atoms with E-state index < -0.39 is 12.0 Å². The average molecular weight is 318 g/mol. The molecule has 0 aliphatic rings. The summed E-state index contributed by atoms with van der Waals surface area (Å²) >= 11 is 12.3. The van der Waals surface area contributed by atoms with Crippen LogP contribution in [-0.2, 0) is 6.42 Å². The lowest BCUT2D eigenvalue weighted by molar-refractivity contribution is -0.0498. The van der Waals surface area contributed by atoms with Crippen LogP contribution in [0.3, 0.4) is 0 Å². The van der Waals surface area contributed by atoms with Crippen molar-refractivity contribution in [3.8, 4) is 5.75 Å². The maximum Gasteiger partial charge on any atom is 0.387 e. The van der Waals surface area contributed by atoms with E-state index in [1.807, 2.05) is 0 Å². The third-order valence-corrected chi connectivity index (χ3v) is 3.45. The first-order valence-electron chi connectivity index (χ1n) is 5.83. The lowest BCUT2D eigenvalue weighted by Crippen LogP contribution is -2.03. The Morgan fingerprint density at radius 1 is 1.25 bits per heavy atom. The van der Waals surface area contributed by atoms with Gasteiger partial charge in [-0.25, -0.2) is 0 Å². The summed E-state index contributed by atoms with van der Waals surface area (Å²) in [6.45, 7) is -2.85. The number of nitrogens with zero attached hydrogens (tertiary/aromatic N) is 1. The van der Waals surface area contributed by atoms with Gasteiger partial charge in [0.15, 0.2) is 0 Å². The standard InChI is InChI=1S/C14H11Cl2F2NO/c15-12(7-10-4-5-19-8-13(10)16)9-2-1-3-11(6-9)20-14(17)18/h1-6,8,12,14H,7H2. The highest BCUT2D eigenvalue weighted by Crippen LogP contribution is 2.30. The highest BCUT2D eigenvalue weighted by atomic mass is 35.5. The van der Waals surface area contributed by atoms with Crippen LogP contribution >= 0.6 is 23.2 Å². The van der Waals surface area contributed by atoms with Crippen LogP contribution in [0.25, 0.3) is 0 Å². The number of hydrogen-bond acceptors (Lipinski definition) is 2. The van der Waals surface area contributed by atoms with Crippen LogP contribution in [0, 0.1) is 0 Å². The van der Waals surface area contributed by atoms with E-state index in [2.05, 4.69) is 9.72 Å². The van der Waals surface area contributed by atoms with E-state index in [4.69, 9.17) is 23.2 Å². The van der Waals surface area contributed by atoms with Gasteiger partial charge in [-0.15, -0.1) is 11.6 Å². The van der Waals surface area contributed by atoms with Crippen molar-refractivity contribution in [2.45, 2.75) is 18.4 Å². The van der Waals surface area contributed by atoms with E-state index in [1.54, 1.807) is 24.4 Å². The van der Waals surface area contributed by atoms with E-state index in [0.717, 1.165) is 5.56 Å². The van der Waals surface area contributed by atoms with Crippen LogP contribution < -0.4 is 4.74 Å². The SMILES string of the molecule is FC(F)Oc1cccc(C(Cl)Cc2ccncc2Cl)c1. The fourth-order valence-corrected chi connectivity index (χ4v) is 2.26. The maximum absolute atomic E-state index is 12.2. The molecule has 0 fully saturated rings. The normalized spacial score (nSPS) is 12.4. The Kier molecular flexibility index (Phi) is 5.15. The molecule has 2 aromatic rings. The van der Waals surface area contributed by atoms with Gasteiger partial charge in [0.2, 0.25) is 0 Å². The van der Waals surface area contributed by atoms with Gasteiger partial charge in [0.05, 0.1) is 10.4 Å². The van der Waals surface area contributed by atoms with Gasteiger partial charge in [-0.05, 0) is 35.7 Å². The minimum Gasteiger partial charge on any atom is -0.435 e. The molecule has 106 valence electrons. The Morgan fingerprint density at radius 2 is 2.05 bits per heavy atom. The molecule has 0 amide bonds.